The molecule has 0 amide bonds. The van der Waals surface area contributed by atoms with E-state index in [1.54, 1.807) is 13.0 Å². The molecule has 4 N–H and O–H groups in total. The summed E-state index contributed by atoms with van der Waals surface area (Å²) in [6.07, 6.45) is 17.2. The smallest absolute Gasteiger partial charge is 0.331 e. The van der Waals surface area contributed by atoms with Crippen molar-refractivity contribution >= 4 is 12.2 Å². The molecule has 4 saturated carbocycles. The molecule has 0 aromatic heterocycles. The molecule has 9 heteroatoms. The summed E-state index contributed by atoms with van der Waals surface area (Å²) in [5.41, 5.74) is -1.80. The lowest BCUT2D eigenvalue weighted by atomic mass is 9.41. The Hall–Kier alpha value is -1.36. The molecule has 4 aliphatic carbocycles. The molecule has 6 aliphatic rings. The average Bonchev–Trinajstić information content (AvgIpc) is 3.60. The van der Waals surface area contributed by atoms with Crippen LogP contribution < -0.4 is 0 Å². The van der Waals surface area contributed by atoms with E-state index in [1.807, 2.05) is 0 Å². The van der Waals surface area contributed by atoms with Gasteiger partial charge in [0.25, 0.3) is 0 Å². The second kappa shape index (κ2) is 14.7. The first kappa shape index (κ1) is 36.4. The Kier molecular flexibility index (Phi) is 11.2. The lowest BCUT2D eigenvalue weighted by molar-refractivity contribution is -0.282. The maximum absolute atomic E-state index is 12.8. The fourth-order valence-electron chi connectivity index (χ4n) is 11.3. The van der Waals surface area contributed by atoms with Gasteiger partial charge in [-0.2, -0.15) is 0 Å². The van der Waals surface area contributed by atoms with Crippen molar-refractivity contribution in [2.24, 2.45) is 33.6 Å². The zero-order valence-electron chi connectivity index (χ0n) is 29.8. The van der Waals surface area contributed by atoms with Gasteiger partial charge in [0, 0.05) is 42.5 Å². The van der Waals surface area contributed by atoms with Gasteiger partial charge in [-0.05, 0) is 88.0 Å². The Morgan fingerprint density at radius 3 is 2.40 bits per heavy atom. The van der Waals surface area contributed by atoms with Crippen molar-refractivity contribution in [3.05, 3.63) is 11.6 Å². The summed E-state index contributed by atoms with van der Waals surface area (Å²) in [4.78, 5) is 17.1. The van der Waals surface area contributed by atoms with Gasteiger partial charge in [0.15, 0.2) is 6.29 Å². The number of aliphatic hydroxyl groups excluding tert-OH is 2. The van der Waals surface area contributed by atoms with Crippen molar-refractivity contribution in [1.82, 2.24) is 0 Å². The molecular weight excluding hydrogens is 610 g/mol. The highest BCUT2D eigenvalue weighted by atomic mass is 16.7. The third kappa shape index (κ3) is 6.58. The summed E-state index contributed by atoms with van der Waals surface area (Å²) < 4.78 is 17.6. The quantitative estimate of drug-likeness (QED) is 0.0835. The fraction of sp³-hybridized carbons (Fsp3) is 0.897. The predicted molar refractivity (Wildman–Crippen MR) is 183 cm³/mol. The van der Waals surface area contributed by atoms with Crippen molar-refractivity contribution in [2.75, 3.05) is 13.2 Å². The number of cyclic esters (lactones) is 1. The second-order valence-corrected chi connectivity index (χ2v) is 16.7. The van der Waals surface area contributed by atoms with Crippen LogP contribution in [0.1, 0.15) is 136 Å². The van der Waals surface area contributed by atoms with E-state index in [2.05, 4.69) is 20.1 Å². The Morgan fingerprint density at radius 1 is 0.958 bits per heavy atom. The van der Waals surface area contributed by atoms with Crippen LogP contribution in [0.3, 0.4) is 0 Å². The summed E-state index contributed by atoms with van der Waals surface area (Å²) in [6.45, 7) is 7.31. The summed E-state index contributed by atoms with van der Waals surface area (Å²) in [5.74, 6) is -0.0240. The minimum absolute atomic E-state index is 0.0337. The first-order valence-corrected chi connectivity index (χ1v) is 19.5. The largest absolute Gasteiger partial charge is 0.458 e. The van der Waals surface area contributed by atoms with Gasteiger partial charge in [0.05, 0.1) is 29.5 Å². The normalized spacial score (nSPS) is 45.8. The molecule has 0 bridgehead atoms. The van der Waals surface area contributed by atoms with Crippen LogP contribution in [0.2, 0.25) is 0 Å². The maximum Gasteiger partial charge on any atom is 0.331 e. The van der Waals surface area contributed by atoms with Crippen LogP contribution in [0.5, 0.6) is 0 Å². The van der Waals surface area contributed by atoms with Crippen molar-refractivity contribution in [3.8, 4) is 0 Å². The molecule has 0 spiro atoms. The van der Waals surface area contributed by atoms with Crippen LogP contribution in [-0.4, -0.2) is 87.7 Å². The summed E-state index contributed by atoms with van der Waals surface area (Å²) in [5, 5.41) is 46.1. The third-order valence-electron chi connectivity index (χ3n) is 14.1. The number of ether oxygens (including phenoxy) is 3. The van der Waals surface area contributed by atoms with Crippen molar-refractivity contribution < 1.29 is 39.4 Å². The van der Waals surface area contributed by atoms with E-state index in [0.717, 1.165) is 50.6 Å². The van der Waals surface area contributed by atoms with E-state index < -0.39 is 41.2 Å². The van der Waals surface area contributed by atoms with E-state index in [-0.39, 0.29) is 41.7 Å². The summed E-state index contributed by atoms with van der Waals surface area (Å²) >= 11 is 0. The second-order valence-electron chi connectivity index (χ2n) is 16.7. The maximum atomic E-state index is 12.8. The molecule has 2 aliphatic heterocycles. The third-order valence-corrected chi connectivity index (χ3v) is 14.1. The number of aliphatic hydroxyl groups is 4. The average molecular weight is 674 g/mol. The topological polar surface area (TPSA) is 138 Å². The molecule has 2 heterocycles. The monoisotopic (exact) mass is 673 g/mol. The van der Waals surface area contributed by atoms with Gasteiger partial charge in [-0.25, -0.2) is 4.79 Å². The zero-order valence-corrected chi connectivity index (χ0v) is 29.8. The van der Waals surface area contributed by atoms with Crippen LogP contribution in [0.15, 0.2) is 16.6 Å². The molecule has 48 heavy (non-hydrogen) atoms. The molecule has 0 unspecified atom stereocenters. The molecule has 0 radical (unpaired) electrons. The SMILES string of the molecule is CCCCCCCCCCN=C[C@]12CC[C@H](O[C@@H]3C[C@H](O)[C@H](O)[C@H](C)O3)C[C@]1(O)CC[C@@H]1[C@@H]2CC[C@]2(C)[C@H](C3=CC(=O)OC3)CC[C@@]12O. The van der Waals surface area contributed by atoms with Crippen LogP contribution in [0.25, 0.3) is 0 Å². The molecule has 0 aromatic rings. The molecule has 9 nitrogen and oxygen atoms in total. The molecular formula is C39H63NO8. The van der Waals surface area contributed by atoms with Crippen LogP contribution in [-0.2, 0) is 19.0 Å². The zero-order chi connectivity index (χ0) is 34.2. The first-order valence-electron chi connectivity index (χ1n) is 19.5. The summed E-state index contributed by atoms with van der Waals surface area (Å²) in [7, 11) is 0. The van der Waals surface area contributed by atoms with Gasteiger partial charge < -0.3 is 34.6 Å². The Morgan fingerprint density at radius 2 is 1.69 bits per heavy atom. The van der Waals surface area contributed by atoms with Gasteiger partial charge in [-0.3, -0.25) is 4.99 Å². The number of aliphatic imine (C=N–C) groups is 1. The van der Waals surface area contributed by atoms with Crippen LogP contribution in [0, 0.1) is 28.6 Å². The number of rotatable bonds is 13. The number of hydrogen-bond donors (Lipinski definition) is 4. The van der Waals surface area contributed by atoms with E-state index in [1.165, 1.54) is 44.9 Å². The lowest BCUT2D eigenvalue weighted by Crippen LogP contribution is -2.69. The van der Waals surface area contributed by atoms with E-state index in [9.17, 15) is 25.2 Å². The molecule has 5 fully saturated rings. The number of carbonyl (C=O) groups is 1. The number of hydrogen-bond acceptors (Lipinski definition) is 9. The molecule has 1 saturated heterocycles. The minimum atomic E-state index is -1.03. The Labute approximate surface area is 287 Å². The van der Waals surface area contributed by atoms with E-state index in [0.29, 0.717) is 32.3 Å². The van der Waals surface area contributed by atoms with Gasteiger partial charge >= 0.3 is 5.97 Å². The summed E-state index contributed by atoms with van der Waals surface area (Å²) in [6, 6.07) is 0. The van der Waals surface area contributed by atoms with Crippen LogP contribution >= 0.6 is 0 Å². The van der Waals surface area contributed by atoms with Gasteiger partial charge in [-0.1, -0.05) is 58.8 Å². The highest BCUT2D eigenvalue weighted by molar-refractivity contribution is 5.85. The predicted octanol–water partition coefficient (Wildman–Crippen LogP) is 5.79. The van der Waals surface area contributed by atoms with Crippen molar-refractivity contribution in [3.63, 3.8) is 0 Å². The lowest BCUT2D eigenvalue weighted by Gasteiger charge is -2.66. The molecule has 272 valence electrons. The van der Waals surface area contributed by atoms with Gasteiger partial charge in [-0.15, -0.1) is 0 Å². The van der Waals surface area contributed by atoms with Crippen LogP contribution in [0.4, 0.5) is 0 Å². The van der Waals surface area contributed by atoms with Crippen molar-refractivity contribution in [2.45, 2.75) is 178 Å². The Bertz CT molecular complexity index is 1180. The fourth-order valence-corrected chi connectivity index (χ4v) is 11.3. The van der Waals surface area contributed by atoms with Crippen molar-refractivity contribution in [1.29, 1.82) is 0 Å². The molecule has 12 atom stereocenters. The van der Waals surface area contributed by atoms with E-state index in [4.69, 9.17) is 19.2 Å². The van der Waals surface area contributed by atoms with Gasteiger partial charge in [0.2, 0.25) is 0 Å². The molecule has 6 rings (SSSR count). The van der Waals surface area contributed by atoms with Gasteiger partial charge in [0.1, 0.15) is 12.7 Å². The highest BCUT2D eigenvalue weighted by Crippen LogP contribution is 2.70. The first-order chi connectivity index (χ1) is 23.0. The number of nitrogens with zero attached hydrogens (tertiary/aromatic N) is 1. The number of carbonyl (C=O) groups excluding carboxylic acids is 1. The Balaban J connectivity index is 1.19. The molecule has 0 aromatic carbocycles. The standard InChI is InChI=1S/C39H63NO8/c1-4-5-6-7-8-9-10-11-20-40-25-37-17-12-28(48-34-22-32(41)35(43)26(2)47-34)23-38(37,44)18-14-31-30(37)13-16-36(3)29(15-19-39(31,36)45)27-21-33(42)46-24-27/h21,25-26,28-32,34-35,41,43-45H,4-20,22-24H2,1-3H3/t26-,28-,29-,30-,31+,32-,34+,35+,36+,37-,38+,39+/m0/s1. The number of fused-ring (bicyclic) bond motifs is 5. The minimum Gasteiger partial charge on any atom is -0.458 e. The number of unbranched alkanes of at least 4 members (excludes halogenated alkanes) is 7. The number of esters is 1. The van der Waals surface area contributed by atoms with E-state index >= 15 is 0 Å². The highest BCUT2D eigenvalue weighted by Gasteiger charge is 2.71.